The molecule has 0 unspecified atom stereocenters. The predicted octanol–water partition coefficient (Wildman–Crippen LogP) is 2.73. The normalized spacial score (nSPS) is 15.9. The Morgan fingerprint density at radius 1 is 1.21 bits per heavy atom. The topological polar surface area (TPSA) is 89.5 Å². The predicted molar refractivity (Wildman–Crippen MR) is 99.5 cm³/mol. The fraction of sp³-hybridized carbons (Fsp3) is 0.474. The first kappa shape index (κ1) is 22.9. The van der Waals surface area contributed by atoms with E-state index in [1.807, 2.05) is 0 Å². The van der Waals surface area contributed by atoms with Crippen molar-refractivity contribution in [1.29, 1.82) is 0 Å². The van der Waals surface area contributed by atoms with Crippen LogP contribution in [0.5, 0.6) is 0 Å². The summed E-state index contributed by atoms with van der Waals surface area (Å²) >= 11 is 0. The summed E-state index contributed by atoms with van der Waals surface area (Å²) in [6.45, 7) is 3.40. The third-order valence-corrected chi connectivity index (χ3v) is 5.59. The van der Waals surface area contributed by atoms with Crippen molar-refractivity contribution in [2.45, 2.75) is 37.5 Å². The van der Waals surface area contributed by atoms with Crippen molar-refractivity contribution in [3.63, 3.8) is 0 Å². The van der Waals surface area contributed by atoms with E-state index < -0.39 is 45.5 Å². The Bertz CT molecular complexity index is 887. The van der Waals surface area contributed by atoms with Crippen LogP contribution >= 0.6 is 0 Å². The van der Waals surface area contributed by atoms with E-state index in [1.165, 1.54) is 12.1 Å². The fourth-order valence-corrected chi connectivity index (χ4v) is 3.37. The lowest BCUT2D eigenvalue weighted by Gasteiger charge is -2.41. The molecule has 160 valence electrons. The number of benzene rings is 1. The first-order valence-electron chi connectivity index (χ1n) is 8.86. The molecule has 1 aromatic carbocycles. The van der Waals surface area contributed by atoms with E-state index in [0.717, 1.165) is 24.8 Å². The molecular formula is C19H22F3NO5S. The second-order valence-corrected chi connectivity index (χ2v) is 9.32. The van der Waals surface area contributed by atoms with Gasteiger partial charge < -0.3 is 10.1 Å². The average Bonchev–Trinajstić information content (AvgIpc) is 2.56. The molecule has 1 amide bonds. The molecule has 0 spiro atoms. The van der Waals surface area contributed by atoms with Crippen molar-refractivity contribution >= 4 is 21.7 Å². The summed E-state index contributed by atoms with van der Waals surface area (Å²) in [5.74, 6) is -1.64. The summed E-state index contributed by atoms with van der Waals surface area (Å²) in [5, 5.41) is 2.36. The first-order chi connectivity index (χ1) is 13.3. The third-order valence-electron chi connectivity index (χ3n) is 4.65. The van der Waals surface area contributed by atoms with Gasteiger partial charge in [0.2, 0.25) is 5.91 Å². The molecule has 0 bridgehead atoms. The monoisotopic (exact) mass is 433 g/mol. The Labute approximate surface area is 167 Å². The molecule has 6 nitrogen and oxygen atoms in total. The molecule has 0 aliphatic heterocycles. The van der Waals surface area contributed by atoms with E-state index >= 15 is 0 Å². The van der Waals surface area contributed by atoms with Gasteiger partial charge in [0, 0.05) is 18.4 Å². The number of carbonyl (C=O) groups is 2. The van der Waals surface area contributed by atoms with E-state index in [1.54, 1.807) is 0 Å². The maximum atomic E-state index is 12.7. The lowest BCUT2D eigenvalue weighted by Crippen LogP contribution is -2.39. The molecule has 0 radical (unpaired) electrons. The number of rotatable bonds is 8. The van der Waals surface area contributed by atoms with Crippen LogP contribution < -0.4 is 5.32 Å². The zero-order valence-electron chi connectivity index (χ0n) is 15.8. The lowest BCUT2D eigenvalue weighted by atomic mass is 9.74. The molecule has 2 rings (SSSR count). The summed E-state index contributed by atoms with van der Waals surface area (Å²) in [6.07, 6.45) is -2.14. The van der Waals surface area contributed by atoms with Crippen molar-refractivity contribution in [2.24, 2.45) is 0 Å². The average molecular weight is 433 g/mol. The number of ether oxygens (including phenoxy) is 1. The minimum Gasteiger partial charge on any atom is -0.454 e. The summed E-state index contributed by atoms with van der Waals surface area (Å²) in [7, 11) is -3.24. The molecule has 1 aliphatic carbocycles. The zero-order chi connectivity index (χ0) is 21.9. The van der Waals surface area contributed by atoms with Gasteiger partial charge in [-0.25, -0.2) is 8.42 Å². The van der Waals surface area contributed by atoms with Crippen LogP contribution in [0.4, 0.5) is 13.2 Å². The molecule has 0 atom stereocenters. The minimum absolute atomic E-state index is 0.0922. The van der Waals surface area contributed by atoms with E-state index in [2.05, 4.69) is 11.9 Å². The molecule has 1 fully saturated rings. The molecule has 1 aliphatic rings. The SMILES string of the molecule is C=C(CC(=O)OC1(c2ccc(C(F)(F)F)cc2)CCC1)C(=O)NCCS(C)(=O)=O. The van der Waals surface area contributed by atoms with Crippen molar-refractivity contribution in [2.75, 3.05) is 18.6 Å². The Kier molecular flexibility index (Phi) is 6.77. The Hall–Kier alpha value is -2.36. The number of amides is 1. The minimum atomic E-state index is -4.45. The highest BCUT2D eigenvalue weighted by atomic mass is 32.2. The highest BCUT2D eigenvalue weighted by Crippen LogP contribution is 2.45. The largest absolute Gasteiger partial charge is 0.454 e. The highest BCUT2D eigenvalue weighted by Gasteiger charge is 2.43. The van der Waals surface area contributed by atoms with Crippen LogP contribution in [0, 0.1) is 0 Å². The van der Waals surface area contributed by atoms with Crippen LogP contribution in [0.3, 0.4) is 0 Å². The van der Waals surface area contributed by atoms with Crippen LogP contribution in [-0.2, 0) is 35.9 Å². The summed E-state index contributed by atoms with van der Waals surface area (Å²) in [4.78, 5) is 24.2. The summed E-state index contributed by atoms with van der Waals surface area (Å²) < 4.78 is 65.8. The molecule has 1 N–H and O–H groups in total. The number of esters is 1. The number of hydrogen-bond donors (Lipinski definition) is 1. The number of nitrogens with one attached hydrogen (secondary N) is 1. The summed E-state index contributed by atoms with van der Waals surface area (Å²) in [6, 6.07) is 4.47. The van der Waals surface area contributed by atoms with Gasteiger partial charge >= 0.3 is 12.1 Å². The zero-order valence-corrected chi connectivity index (χ0v) is 16.7. The number of alkyl halides is 3. The maximum absolute atomic E-state index is 12.7. The maximum Gasteiger partial charge on any atom is 0.416 e. The van der Waals surface area contributed by atoms with Gasteiger partial charge in [0.15, 0.2) is 0 Å². The molecule has 1 saturated carbocycles. The molecular weight excluding hydrogens is 411 g/mol. The lowest BCUT2D eigenvalue weighted by molar-refractivity contribution is -0.171. The van der Waals surface area contributed by atoms with Crippen molar-refractivity contribution < 1.29 is 35.9 Å². The van der Waals surface area contributed by atoms with Crippen LogP contribution in [0.15, 0.2) is 36.4 Å². The number of hydrogen-bond acceptors (Lipinski definition) is 5. The van der Waals surface area contributed by atoms with Gasteiger partial charge in [0.1, 0.15) is 15.4 Å². The standard InChI is InChI=1S/C19H22F3NO5S/c1-13(17(25)23-10-11-29(2,26)27)12-16(24)28-18(8-3-9-18)14-4-6-15(7-5-14)19(20,21)22/h4-7H,1,3,8-12H2,2H3,(H,23,25). The number of halogens is 3. The van der Waals surface area contributed by atoms with Crippen molar-refractivity contribution in [3.05, 3.63) is 47.5 Å². The molecule has 0 heterocycles. The Morgan fingerprint density at radius 2 is 1.79 bits per heavy atom. The van der Waals surface area contributed by atoms with Gasteiger partial charge in [0.05, 0.1) is 17.7 Å². The summed E-state index contributed by atoms with van der Waals surface area (Å²) in [5.41, 5.74) is -1.42. The molecule has 0 aromatic heterocycles. The number of carbonyl (C=O) groups excluding carboxylic acids is 2. The van der Waals surface area contributed by atoms with E-state index in [-0.39, 0.29) is 17.9 Å². The van der Waals surface area contributed by atoms with Gasteiger partial charge in [-0.05, 0) is 37.0 Å². The van der Waals surface area contributed by atoms with Crippen LogP contribution in [-0.4, -0.2) is 38.8 Å². The Morgan fingerprint density at radius 3 is 2.24 bits per heavy atom. The third kappa shape index (κ3) is 6.31. The van der Waals surface area contributed by atoms with E-state index in [9.17, 15) is 31.2 Å². The van der Waals surface area contributed by atoms with E-state index in [4.69, 9.17) is 4.74 Å². The van der Waals surface area contributed by atoms with Gasteiger partial charge in [-0.15, -0.1) is 0 Å². The van der Waals surface area contributed by atoms with Gasteiger partial charge in [-0.2, -0.15) is 13.2 Å². The Balaban J connectivity index is 1.95. The van der Waals surface area contributed by atoms with Crippen LogP contribution in [0.2, 0.25) is 0 Å². The van der Waals surface area contributed by atoms with Crippen LogP contribution in [0.1, 0.15) is 36.8 Å². The highest BCUT2D eigenvalue weighted by molar-refractivity contribution is 7.90. The van der Waals surface area contributed by atoms with Gasteiger partial charge in [-0.1, -0.05) is 18.7 Å². The number of sulfone groups is 1. The second kappa shape index (κ2) is 8.56. The molecule has 1 aromatic rings. The van der Waals surface area contributed by atoms with Gasteiger partial charge in [0.25, 0.3) is 0 Å². The van der Waals surface area contributed by atoms with Gasteiger partial charge in [-0.3, -0.25) is 9.59 Å². The fourth-order valence-electron chi connectivity index (χ4n) is 2.89. The quantitative estimate of drug-likeness (QED) is 0.503. The van der Waals surface area contributed by atoms with Crippen LogP contribution in [0.25, 0.3) is 0 Å². The molecule has 10 heteroatoms. The molecule has 0 saturated heterocycles. The molecule has 29 heavy (non-hydrogen) atoms. The smallest absolute Gasteiger partial charge is 0.416 e. The van der Waals surface area contributed by atoms with E-state index in [0.29, 0.717) is 18.4 Å². The second-order valence-electron chi connectivity index (χ2n) is 7.06. The van der Waals surface area contributed by atoms with Crippen molar-refractivity contribution in [3.8, 4) is 0 Å². The first-order valence-corrected chi connectivity index (χ1v) is 10.9. The van der Waals surface area contributed by atoms with Crippen molar-refractivity contribution in [1.82, 2.24) is 5.32 Å².